The minimum Gasteiger partial charge on any atom is -0.361 e. The molecule has 0 spiro atoms. The van der Waals surface area contributed by atoms with Gasteiger partial charge < -0.3 is 15.6 Å². The van der Waals surface area contributed by atoms with E-state index in [-0.39, 0.29) is 17.7 Å². The van der Waals surface area contributed by atoms with Crippen LogP contribution >= 0.6 is 0 Å². The highest BCUT2D eigenvalue weighted by Gasteiger charge is 2.21. The van der Waals surface area contributed by atoms with Gasteiger partial charge in [-0.05, 0) is 19.8 Å². The van der Waals surface area contributed by atoms with Crippen molar-refractivity contribution < 1.29 is 9.32 Å². The van der Waals surface area contributed by atoms with Crippen LogP contribution in [0.1, 0.15) is 50.1 Å². The van der Waals surface area contributed by atoms with Crippen LogP contribution in [-0.2, 0) is 4.79 Å². The van der Waals surface area contributed by atoms with Gasteiger partial charge in [-0.1, -0.05) is 32.3 Å². The normalized spacial score (nSPS) is 15.9. The molecule has 3 unspecified atom stereocenters. The van der Waals surface area contributed by atoms with Crippen LogP contribution in [0.4, 0.5) is 0 Å². The van der Waals surface area contributed by atoms with E-state index >= 15 is 0 Å². The summed E-state index contributed by atoms with van der Waals surface area (Å²) >= 11 is 0. The van der Waals surface area contributed by atoms with Crippen LogP contribution in [-0.4, -0.2) is 23.7 Å². The Bertz CT molecular complexity index is 409. The van der Waals surface area contributed by atoms with Crippen molar-refractivity contribution in [2.45, 2.75) is 53.0 Å². The number of rotatable bonds is 6. The maximum atomic E-state index is 11.9. The zero-order valence-corrected chi connectivity index (χ0v) is 12.5. The molecule has 1 rings (SSSR count). The number of hydrogen-bond donors (Lipinski definition) is 2. The molecule has 0 radical (unpaired) electrons. The van der Waals surface area contributed by atoms with Crippen molar-refractivity contribution in [1.29, 1.82) is 0 Å². The molecule has 1 heterocycles. The number of aromatic nitrogens is 1. The van der Waals surface area contributed by atoms with Crippen LogP contribution in [0.2, 0.25) is 0 Å². The molecule has 0 bridgehead atoms. The van der Waals surface area contributed by atoms with Gasteiger partial charge in [0.25, 0.3) is 0 Å². The van der Waals surface area contributed by atoms with Gasteiger partial charge in [0.15, 0.2) is 0 Å². The molecule has 0 aliphatic carbocycles. The first-order valence-corrected chi connectivity index (χ1v) is 6.84. The molecule has 1 aromatic rings. The molecule has 0 saturated heterocycles. The van der Waals surface area contributed by atoms with Crippen LogP contribution in [0.25, 0.3) is 0 Å². The number of carbonyl (C=O) groups is 1. The highest BCUT2D eigenvalue weighted by atomic mass is 16.5. The number of carbonyl (C=O) groups excluding carboxylic acids is 1. The second-order valence-corrected chi connectivity index (χ2v) is 5.30. The van der Waals surface area contributed by atoms with E-state index in [4.69, 9.17) is 10.3 Å². The molecule has 5 heteroatoms. The van der Waals surface area contributed by atoms with Crippen molar-refractivity contribution >= 4 is 5.91 Å². The maximum absolute atomic E-state index is 11.9. The van der Waals surface area contributed by atoms with Crippen LogP contribution in [0.15, 0.2) is 4.52 Å². The third-order valence-corrected chi connectivity index (χ3v) is 3.72. The first kappa shape index (κ1) is 15.7. The minimum atomic E-state index is -0.443. The lowest BCUT2D eigenvalue weighted by Gasteiger charge is -2.19. The van der Waals surface area contributed by atoms with Crippen molar-refractivity contribution in [3.63, 3.8) is 0 Å². The highest BCUT2D eigenvalue weighted by molar-refractivity contribution is 5.81. The molecule has 0 aliphatic heterocycles. The second-order valence-electron chi connectivity index (χ2n) is 5.30. The lowest BCUT2D eigenvalue weighted by molar-refractivity contribution is -0.123. The molecule has 3 N–H and O–H groups in total. The Hall–Kier alpha value is -1.36. The summed E-state index contributed by atoms with van der Waals surface area (Å²) in [5, 5.41) is 6.84. The second kappa shape index (κ2) is 6.70. The van der Waals surface area contributed by atoms with Crippen molar-refractivity contribution in [2.75, 3.05) is 6.54 Å². The number of hydrogen-bond acceptors (Lipinski definition) is 4. The van der Waals surface area contributed by atoms with Crippen molar-refractivity contribution in [2.24, 2.45) is 11.7 Å². The third kappa shape index (κ3) is 3.80. The largest absolute Gasteiger partial charge is 0.361 e. The smallest absolute Gasteiger partial charge is 0.237 e. The van der Waals surface area contributed by atoms with Gasteiger partial charge in [0, 0.05) is 18.0 Å². The zero-order chi connectivity index (χ0) is 14.6. The Balaban J connectivity index is 2.55. The molecular weight excluding hydrogens is 242 g/mol. The Morgan fingerprint density at radius 3 is 2.53 bits per heavy atom. The average molecular weight is 267 g/mol. The molecule has 19 heavy (non-hydrogen) atoms. The fourth-order valence-corrected chi connectivity index (χ4v) is 2.18. The van der Waals surface area contributed by atoms with Crippen LogP contribution < -0.4 is 11.1 Å². The molecule has 5 nitrogen and oxygen atoms in total. The standard InChI is InChI=1S/C14H25N3O2/c1-6-8(2)13(15)14(18)16-7-9(3)12-10(4)17-19-11(12)5/h8-9,13H,6-7,15H2,1-5H3,(H,16,18). The number of aryl methyl sites for hydroxylation is 2. The van der Waals surface area contributed by atoms with Gasteiger partial charge in [-0.15, -0.1) is 0 Å². The van der Waals surface area contributed by atoms with E-state index in [2.05, 4.69) is 10.5 Å². The van der Waals surface area contributed by atoms with Crippen LogP contribution in [0, 0.1) is 19.8 Å². The summed E-state index contributed by atoms with van der Waals surface area (Å²) in [7, 11) is 0. The Morgan fingerprint density at radius 1 is 1.42 bits per heavy atom. The molecule has 1 aromatic heterocycles. The van der Waals surface area contributed by atoms with Gasteiger partial charge in [0.05, 0.1) is 11.7 Å². The van der Waals surface area contributed by atoms with E-state index in [0.717, 1.165) is 23.4 Å². The van der Waals surface area contributed by atoms with Gasteiger partial charge in [0.2, 0.25) is 5.91 Å². The summed E-state index contributed by atoms with van der Waals surface area (Å²) in [6.07, 6.45) is 0.897. The highest BCUT2D eigenvalue weighted by Crippen LogP contribution is 2.22. The van der Waals surface area contributed by atoms with E-state index in [9.17, 15) is 4.79 Å². The number of nitrogens with zero attached hydrogens (tertiary/aromatic N) is 1. The quantitative estimate of drug-likeness (QED) is 0.824. The third-order valence-electron chi connectivity index (χ3n) is 3.72. The van der Waals surface area contributed by atoms with Crippen molar-refractivity contribution in [3.05, 3.63) is 17.0 Å². The number of nitrogens with one attached hydrogen (secondary N) is 1. The van der Waals surface area contributed by atoms with Gasteiger partial charge in [-0.25, -0.2) is 0 Å². The Kier molecular flexibility index (Phi) is 5.54. The van der Waals surface area contributed by atoms with Gasteiger partial charge >= 0.3 is 0 Å². The Labute approximate surface area is 114 Å². The first-order valence-electron chi connectivity index (χ1n) is 6.84. The maximum Gasteiger partial charge on any atom is 0.237 e. The van der Waals surface area contributed by atoms with Crippen LogP contribution in [0.5, 0.6) is 0 Å². The lowest BCUT2D eigenvalue weighted by atomic mass is 9.97. The monoisotopic (exact) mass is 267 g/mol. The molecule has 3 atom stereocenters. The molecule has 1 amide bonds. The van der Waals surface area contributed by atoms with E-state index in [0.29, 0.717) is 6.54 Å². The fourth-order valence-electron chi connectivity index (χ4n) is 2.18. The van der Waals surface area contributed by atoms with Crippen molar-refractivity contribution in [3.8, 4) is 0 Å². The molecule has 0 fully saturated rings. The summed E-state index contributed by atoms with van der Waals surface area (Å²) in [4.78, 5) is 11.9. The minimum absolute atomic E-state index is 0.0899. The average Bonchev–Trinajstić information content (AvgIpc) is 2.73. The topological polar surface area (TPSA) is 81.2 Å². The summed E-state index contributed by atoms with van der Waals surface area (Å²) in [6, 6.07) is -0.443. The SMILES string of the molecule is CCC(C)C(N)C(=O)NCC(C)c1c(C)noc1C. The number of nitrogens with two attached hydrogens (primary N) is 1. The van der Waals surface area contributed by atoms with Crippen LogP contribution in [0.3, 0.4) is 0 Å². The van der Waals surface area contributed by atoms with Gasteiger partial charge in [0.1, 0.15) is 5.76 Å². The van der Waals surface area contributed by atoms with E-state index in [1.54, 1.807) is 0 Å². The molecule has 0 aromatic carbocycles. The summed E-state index contributed by atoms with van der Waals surface area (Å²) in [6.45, 7) is 10.4. The van der Waals surface area contributed by atoms with Crippen molar-refractivity contribution in [1.82, 2.24) is 10.5 Å². The van der Waals surface area contributed by atoms with Gasteiger partial charge in [-0.2, -0.15) is 0 Å². The fraction of sp³-hybridized carbons (Fsp3) is 0.714. The Morgan fingerprint density at radius 2 is 2.05 bits per heavy atom. The number of amides is 1. The molecule has 0 saturated carbocycles. The summed E-state index contributed by atoms with van der Waals surface area (Å²) < 4.78 is 5.14. The molecule has 108 valence electrons. The van der Waals surface area contributed by atoms with Gasteiger partial charge in [-0.3, -0.25) is 4.79 Å². The predicted molar refractivity (Wildman–Crippen MR) is 74.8 cm³/mol. The summed E-state index contributed by atoms with van der Waals surface area (Å²) in [5.74, 6) is 1.08. The van der Waals surface area contributed by atoms with E-state index in [1.807, 2.05) is 34.6 Å². The first-order chi connectivity index (χ1) is 8.88. The molecular formula is C14H25N3O2. The summed E-state index contributed by atoms with van der Waals surface area (Å²) in [5.41, 5.74) is 7.84. The van der Waals surface area contributed by atoms with E-state index < -0.39 is 6.04 Å². The lowest BCUT2D eigenvalue weighted by Crippen LogP contribution is -2.45. The molecule has 0 aliphatic rings. The zero-order valence-electron chi connectivity index (χ0n) is 12.5. The van der Waals surface area contributed by atoms with E-state index in [1.165, 1.54) is 0 Å². The predicted octanol–water partition coefficient (Wildman–Crippen LogP) is 1.88.